The quantitative estimate of drug-likeness (QED) is 0.479. The summed E-state index contributed by atoms with van der Waals surface area (Å²) < 4.78 is 1.76. The number of nitrogens with zero attached hydrogens (tertiary/aromatic N) is 7. The van der Waals surface area contributed by atoms with Gasteiger partial charge >= 0.3 is 0 Å². The van der Waals surface area contributed by atoms with Crippen molar-refractivity contribution < 1.29 is 4.79 Å². The van der Waals surface area contributed by atoms with Crippen LogP contribution in [0, 0.1) is 0 Å². The molecule has 0 bridgehead atoms. The van der Waals surface area contributed by atoms with Crippen LogP contribution in [0.15, 0.2) is 36.7 Å². The number of aromatic nitrogens is 4. The number of nitrogen functional groups attached to an aromatic ring is 1. The molecule has 2 aliphatic heterocycles. The van der Waals surface area contributed by atoms with Crippen molar-refractivity contribution in [1.29, 1.82) is 0 Å². The second-order valence-electron chi connectivity index (χ2n) is 11.6. The SMILES string of the molecule is CC1Cc2ccc(-c3cnn(CC(=O)PC(C)(C)C)c3)cc2CN1c1cc(N2CCN(C)CC2)nc(N)n1. The van der Waals surface area contributed by atoms with E-state index < -0.39 is 0 Å². The summed E-state index contributed by atoms with van der Waals surface area (Å²) in [4.78, 5) is 28.6. The number of hydrogen-bond donors (Lipinski definition) is 1. The van der Waals surface area contributed by atoms with Gasteiger partial charge in [0, 0.05) is 56.6 Å². The lowest BCUT2D eigenvalue weighted by molar-refractivity contribution is -0.112. The molecule has 9 nitrogen and oxygen atoms in total. The number of benzene rings is 1. The van der Waals surface area contributed by atoms with Crippen LogP contribution in [0.1, 0.15) is 38.8 Å². The number of fused-ring (bicyclic) bond motifs is 1. The molecule has 0 radical (unpaired) electrons. The molecule has 10 heteroatoms. The van der Waals surface area contributed by atoms with Gasteiger partial charge in [0.2, 0.25) is 5.95 Å². The predicted molar refractivity (Wildman–Crippen MR) is 156 cm³/mol. The summed E-state index contributed by atoms with van der Waals surface area (Å²) in [5.74, 6) is 2.10. The van der Waals surface area contributed by atoms with Crippen molar-refractivity contribution in [1.82, 2.24) is 24.6 Å². The van der Waals surface area contributed by atoms with Crippen molar-refractivity contribution in [2.75, 3.05) is 48.8 Å². The third-order valence-electron chi connectivity index (χ3n) is 7.22. The Kier molecular flexibility index (Phi) is 7.43. The molecular weight excluding hydrogens is 495 g/mol. The van der Waals surface area contributed by atoms with E-state index in [1.54, 1.807) is 4.68 Å². The number of piperazine rings is 1. The molecule has 0 saturated carbocycles. The maximum Gasteiger partial charge on any atom is 0.223 e. The average Bonchev–Trinajstić information content (AvgIpc) is 3.30. The van der Waals surface area contributed by atoms with Crippen LogP contribution in [0.4, 0.5) is 17.6 Å². The van der Waals surface area contributed by atoms with E-state index >= 15 is 0 Å². The minimum atomic E-state index is 0.00810. The molecule has 2 N–H and O–H groups in total. The third-order valence-corrected chi connectivity index (χ3v) is 8.41. The van der Waals surface area contributed by atoms with Crippen LogP contribution in [0.5, 0.6) is 0 Å². The van der Waals surface area contributed by atoms with E-state index in [0.29, 0.717) is 18.5 Å². The summed E-state index contributed by atoms with van der Waals surface area (Å²) in [6.07, 6.45) is 4.76. The first-order valence-electron chi connectivity index (χ1n) is 13.3. The topological polar surface area (TPSA) is 96.4 Å². The molecule has 3 aromatic rings. The van der Waals surface area contributed by atoms with Crippen LogP contribution in [0.3, 0.4) is 0 Å². The smallest absolute Gasteiger partial charge is 0.223 e. The molecule has 202 valence electrons. The molecule has 0 amide bonds. The van der Waals surface area contributed by atoms with Crippen LogP contribution >= 0.6 is 8.58 Å². The summed E-state index contributed by atoms with van der Waals surface area (Å²) in [5, 5.41) is 4.48. The number of anilines is 3. The largest absolute Gasteiger partial charge is 0.368 e. The van der Waals surface area contributed by atoms with Crippen molar-refractivity contribution in [3.8, 4) is 11.1 Å². The zero-order valence-corrected chi connectivity index (χ0v) is 24.1. The van der Waals surface area contributed by atoms with Crippen LogP contribution in [-0.2, 0) is 24.3 Å². The second kappa shape index (κ2) is 10.6. The van der Waals surface area contributed by atoms with Crippen LogP contribution in [-0.4, -0.2) is 74.6 Å². The van der Waals surface area contributed by atoms with Crippen molar-refractivity contribution in [2.24, 2.45) is 0 Å². The number of carbonyl (C=O) groups excluding carboxylic acids is 1. The lowest BCUT2D eigenvalue weighted by atomic mass is 9.92. The first kappa shape index (κ1) is 26.6. The van der Waals surface area contributed by atoms with E-state index in [-0.39, 0.29) is 19.3 Å². The Bertz CT molecular complexity index is 1310. The highest BCUT2D eigenvalue weighted by Gasteiger charge is 2.26. The fourth-order valence-corrected chi connectivity index (χ4v) is 6.29. The summed E-state index contributed by atoms with van der Waals surface area (Å²) in [6, 6.07) is 9.02. The third kappa shape index (κ3) is 6.16. The summed E-state index contributed by atoms with van der Waals surface area (Å²) in [7, 11) is 2.42. The van der Waals surface area contributed by atoms with E-state index in [4.69, 9.17) is 5.73 Å². The Morgan fingerprint density at radius 2 is 1.79 bits per heavy atom. The first-order valence-corrected chi connectivity index (χ1v) is 14.3. The van der Waals surface area contributed by atoms with E-state index in [0.717, 1.165) is 61.9 Å². The van der Waals surface area contributed by atoms with Gasteiger partial charge in [-0.3, -0.25) is 9.48 Å². The number of hydrogen-bond acceptors (Lipinski definition) is 8. The van der Waals surface area contributed by atoms with E-state index in [9.17, 15) is 4.79 Å². The molecule has 0 aliphatic carbocycles. The average molecular weight is 535 g/mol. The number of nitrogens with two attached hydrogens (primary N) is 1. The number of carbonyl (C=O) groups is 1. The molecule has 4 heterocycles. The Labute approximate surface area is 227 Å². The van der Waals surface area contributed by atoms with Gasteiger partial charge in [-0.1, -0.05) is 32.9 Å². The predicted octanol–water partition coefficient (Wildman–Crippen LogP) is 3.63. The van der Waals surface area contributed by atoms with E-state index in [1.807, 2.05) is 12.4 Å². The molecule has 2 unspecified atom stereocenters. The monoisotopic (exact) mass is 534 g/mol. The normalized spacial score (nSPS) is 18.8. The molecule has 1 aromatic carbocycles. The zero-order valence-electron chi connectivity index (χ0n) is 23.1. The Hall–Kier alpha value is -3.03. The Balaban J connectivity index is 1.35. The molecular formula is C28H39N8OP. The van der Waals surface area contributed by atoms with Gasteiger partial charge < -0.3 is 20.4 Å². The van der Waals surface area contributed by atoms with Gasteiger partial charge in [-0.05, 0) is 56.9 Å². The fourth-order valence-electron chi connectivity index (χ4n) is 5.21. The highest BCUT2D eigenvalue weighted by Crippen LogP contribution is 2.33. The van der Waals surface area contributed by atoms with Crippen LogP contribution in [0.25, 0.3) is 11.1 Å². The molecule has 38 heavy (non-hydrogen) atoms. The van der Waals surface area contributed by atoms with Gasteiger partial charge in [-0.2, -0.15) is 15.1 Å². The van der Waals surface area contributed by atoms with E-state index in [1.165, 1.54) is 11.1 Å². The van der Waals surface area contributed by atoms with Gasteiger partial charge in [0.15, 0.2) is 5.52 Å². The zero-order chi connectivity index (χ0) is 27.0. The molecule has 2 atom stereocenters. The Morgan fingerprint density at radius 3 is 2.53 bits per heavy atom. The van der Waals surface area contributed by atoms with E-state index in [2.05, 4.69) is 88.8 Å². The molecule has 2 aliphatic rings. The molecule has 1 saturated heterocycles. The van der Waals surface area contributed by atoms with Gasteiger partial charge in [0.05, 0.1) is 6.20 Å². The van der Waals surface area contributed by atoms with Crippen molar-refractivity contribution >= 4 is 31.7 Å². The second-order valence-corrected chi connectivity index (χ2v) is 13.9. The lowest BCUT2D eigenvalue weighted by Crippen LogP contribution is -2.45. The van der Waals surface area contributed by atoms with Gasteiger partial charge in [-0.15, -0.1) is 0 Å². The minimum Gasteiger partial charge on any atom is -0.368 e. The highest BCUT2D eigenvalue weighted by molar-refractivity contribution is 7.59. The molecule has 5 rings (SSSR count). The molecule has 1 fully saturated rings. The maximum absolute atomic E-state index is 12.5. The van der Waals surface area contributed by atoms with Crippen LogP contribution in [0.2, 0.25) is 0 Å². The van der Waals surface area contributed by atoms with Crippen molar-refractivity contribution in [3.05, 3.63) is 47.8 Å². The van der Waals surface area contributed by atoms with Gasteiger partial charge in [0.25, 0.3) is 0 Å². The number of likely N-dealkylation sites (N-methyl/N-ethyl adjacent to an activating group) is 1. The highest BCUT2D eigenvalue weighted by atomic mass is 31.1. The Morgan fingerprint density at radius 1 is 1.05 bits per heavy atom. The summed E-state index contributed by atoms with van der Waals surface area (Å²) >= 11 is 0. The van der Waals surface area contributed by atoms with Crippen molar-refractivity contribution in [2.45, 2.75) is 58.4 Å². The van der Waals surface area contributed by atoms with Crippen molar-refractivity contribution in [3.63, 3.8) is 0 Å². The van der Waals surface area contributed by atoms with Crippen LogP contribution < -0.4 is 15.5 Å². The maximum atomic E-state index is 12.5. The lowest BCUT2D eigenvalue weighted by Gasteiger charge is -2.37. The van der Waals surface area contributed by atoms with Gasteiger partial charge in [0.1, 0.15) is 18.2 Å². The summed E-state index contributed by atoms with van der Waals surface area (Å²) in [5.41, 5.74) is 11.2. The number of rotatable bonds is 6. The summed E-state index contributed by atoms with van der Waals surface area (Å²) in [6.45, 7) is 13.5. The minimum absolute atomic E-state index is 0.00810. The first-order chi connectivity index (χ1) is 18.0. The molecule has 2 aromatic heterocycles. The standard InChI is InChI=1S/C28H39N8OP/c1-19-12-20-6-7-21(23-15-30-35(16-23)18-26(37)38-28(2,3)4)13-22(20)17-36(19)25-14-24(31-27(29)32-25)34-10-8-33(5)9-11-34/h6-7,13-16,19,38H,8-12,17-18H2,1-5H3,(H2,29,31,32). The fraction of sp³-hybridized carbons (Fsp3) is 0.500. The van der Waals surface area contributed by atoms with Gasteiger partial charge in [-0.25, -0.2) is 0 Å². The molecule has 0 spiro atoms.